The first-order valence-electron chi connectivity index (χ1n) is 10.5. The summed E-state index contributed by atoms with van der Waals surface area (Å²) < 4.78 is 8.64. The molecule has 0 bridgehead atoms. The molecule has 1 aliphatic heterocycles. The SMILES string of the molecule is O=C(Nc1ccc(-c2ccn(C3CCCCO3)n2)cc1)c1cc2sc(NCCO)nc2s1. The van der Waals surface area contributed by atoms with E-state index in [1.165, 1.54) is 22.7 Å². The lowest BCUT2D eigenvalue weighted by Crippen LogP contribution is -2.18. The Kier molecular flexibility index (Phi) is 6.17. The number of aliphatic hydroxyl groups is 1. The van der Waals surface area contributed by atoms with Crippen molar-refractivity contribution in [1.29, 1.82) is 0 Å². The van der Waals surface area contributed by atoms with Crippen molar-refractivity contribution in [1.82, 2.24) is 14.8 Å². The number of carbonyl (C=O) groups is 1. The van der Waals surface area contributed by atoms with Gasteiger partial charge in [0.05, 0.1) is 21.9 Å². The Morgan fingerprint density at radius 3 is 2.84 bits per heavy atom. The van der Waals surface area contributed by atoms with Crippen molar-refractivity contribution in [3.8, 4) is 11.3 Å². The van der Waals surface area contributed by atoms with Gasteiger partial charge < -0.3 is 20.5 Å². The summed E-state index contributed by atoms with van der Waals surface area (Å²) in [7, 11) is 0. The van der Waals surface area contributed by atoms with E-state index in [1.807, 2.05) is 47.3 Å². The lowest BCUT2D eigenvalue weighted by molar-refractivity contribution is -0.0393. The standard InChI is InChI=1S/C22H23N5O3S2/c28-11-9-23-22-25-21-18(32-22)13-17(31-21)20(29)24-15-6-4-14(5-7-15)16-8-10-27(26-16)19-3-1-2-12-30-19/h4-8,10,13,19,28H,1-3,9,11-12H2,(H,23,25)(H,24,29). The largest absolute Gasteiger partial charge is 0.395 e. The Bertz CT molecular complexity index is 1180. The smallest absolute Gasteiger partial charge is 0.265 e. The number of fused-ring (bicyclic) bond motifs is 1. The summed E-state index contributed by atoms with van der Waals surface area (Å²) in [5.74, 6) is -0.156. The first-order valence-corrected chi connectivity index (χ1v) is 12.2. The molecule has 8 nitrogen and oxygen atoms in total. The molecular weight excluding hydrogens is 446 g/mol. The summed E-state index contributed by atoms with van der Waals surface area (Å²) in [5.41, 5.74) is 2.59. The normalized spacial score (nSPS) is 16.3. The molecule has 4 heterocycles. The quantitative estimate of drug-likeness (QED) is 0.366. The molecule has 3 N–H and O–H groups in total. The van der Waals surface area contributed by atoms with Gasteiger partial charge in [-0.3, -0.25) is 4.79 Å². The highest BCUT2D eigenvalue weighted by Gasteiger charge is 2.17. The number of benzene rings is 1. The summed E-state index contributed by atoms with van der Waals surface area (Å²) in [5, 5.41) is 20.3. The molecular formula is C22H23N5O3S2. The van der Waals surface area contributed by atoms with Crippen LogP contribution in [0.2, 0.25) is 0 Å². The molecule has 1 unspecified atom stereocenters. The van der Waals surface area contributed by atoms with E-state index in [1.54, 1.807) is 0 Å². The average molecular weight is 470 g/mol. The van der Waals surface area contributed by atoms with Gasteiger partial charge in [0.1, 0.15) is 11.1 Å². The fraction of sp³-hybridized carbons (Fsp3) is 0.318. The number of aliphatic hydroxyl groups excluding tert-OH is 1. The number of thiazole rings is 1. The number of amides is 1. The topological polar surface area (TPSA) is 101 Å². The highest BCUT2D eigenvalue weighted by Crippen LogP contribution is 2.33. The highest BCUT2D eigenvalue weighted by molar-refractivity contribution is 7.29. The maximum atomic E-state index is 12.7. The summed E-state index contributed by atoms with van der Waals surface area (Å²) in [6, 6.07) is 11.5. The summed E-state index contributed by atoms with van der Waals surface area (Å²) in [6.07, 6.45) is 5.24. The minimum absolute atomic E-state index is 0.0208. The molecule has 1 aliphatic rings. The Hall–Kier alpha value is -2.79. The maximum Gasteiger partial charge on any atom is 0.265 e. The van der Waals surface area contributed by atoms with Crippen LogP contribution in [0.3, 0.4) is 0 Å². The van der Waals surface area contributed by atoms with E-state index in [0.29, 0.717) is 11.4 Å². The molecule has 1 saturated heterocycles. The van der Waals surface area contributed by atoms with Crippen LogP contribution in [-0.2, 0) is 4.74 Å². The van der Waals surface area contributed by atoms with E-state index in [0.717, 1.165) is 57.5 Å². The van der Waals surface area contributed by atoms with Crippen molar-refractivity contribution in [3.05, 3.63) is 47.5 Å². The van der Waals surface area contributed by atoms with Gasteiger partial charge in [-0.1, -0.05) is 23.5 Å². The number of nitrogens with one attached hydrogen (secondary N) is 2. The fourth-order valence-electron chi connectivity index (χ4n) is 3.59. The number of hydrogen-bond acceptors (Lipinski definition) is 8. The predicted molar refractivity (Wildman–Crippen MR) is 128 cm³/mol. The molecule has 1 amide bonds. The zero-order valence-electron chi connectivity index (χ0n) is 17.3. The van der Waals surface area contributed by atoms with E-state index in [9.17, 15) is 4.79 Å². The van der Waals surface area contributed by atoms with Crippen LogP contribution in [0.25, 0.3) is 20.8 Å². The van der Waals surface area contributed by atoms with Crippen LogP contribution < -0.4 is 10.6 Å². The lowest BCUT2D eigenvalue weighted by Gasteiger charge is -2.22. The van der Waals surface area contributed by atoms with Crippen molar-refractivity contribution in [2.45, 2.75) is 25.5 Å². The van der Waals surface area contributed by atoms with Gasteiger partial charge in [0.15, 0.2) is 5.13 Å². The first kappa shape index (κ1) is 21.1. The van der Waals surface area contributed by atoms with Crippen LogP contribution >= 0.6 is 22.7 Å². The molecule has 4 aromatic rings. The van der Waals surface area contributed by atoms with Gasteiger partial charge in [-0.2, -0.15) is 5.10 Å². The van der Waals surface area contributed by atoms with Gasteiger partial charge in [-0.05, 0) is 43.5 Å². The minimum Gasteiger partial charge on any atom is -0.395 e. The van der Waals surface area contributed by atoms with Crippen molar-refractivity contribution < 1.29 is 14.6 Å². The molecule has 1 aromatic carbocycles. The summed E-state index contributed by atoms with van der Waals surface area (Å²) in [4.78, 5) is 18.6. The third-order valence-corrected chi connectivity index (χ3v) is 7.32. The van der Waals surface area contributed by atoms with Gasteiger partial charge in [0.2, 0.25) is 0 Å². The third kappa shape index (κ3) is 4.53. The molecule has 5 rings (SSSR count). The second-order valence-corrected chi connectivity index (χ2v) is 9.54. The van der Waals surface area contributed by atoms with Crippen LogP contribution in [0.5, 0.6) is 0 Å². The molecule has 0 radical (unpaired) electrons. The molecule has 1 atom stereocenters. The molecule has 166 valence electrons. The predicted octanol–water partition coefficient (Wildman–Crippen LogP) is 4.58. The molecule has 0 spiro atoms. The van der Waals surface area contributed by atoms with E-state index in [4.69, 9.17) is 9.84 Å². The summed E-state index contributed by atoms with van der Waals surface area (Å²) in [6.45, 7) is 1.30. The second-order valence-electron chi connectivity index (χ2n) is 7.48. The first-order chi connectivity index (χ1) is 15.7. The molecule has 1 fully saturated rings. The third-order valence-electron chi connectivity index (χ3n) is 5.20. The highest BCUT2D eigenvalue weighted by atomic mass is 32.1. The van der Waals surface area contributed by atoms with E-state index in [2.05, 4.69) is 20.7 Å². The molecule has 0 saturated carbocycles. The zero-order chi connectivity index (χ0) is 21.9. The van der Waals surface area contributed by atoms with Crippen molar-refractivity contribution in [3.63, 3.8) is 0 Å². The van der Waals surface area contributed by atoms with Crippen LogP contribution in [0.4, 0.5) is 10.8 Å². The van der Waals surface area contributed by atoms with Crippen molar-refractivity contribution in [2.75, 3.05) is 30.4 Å². The van der Waals surface area contributed by atoms with Gasteiger partial charge in [0, 0.05) is 30.6 Å². The van der Waals surface area contributed by atoms with Crippen molar-refractivity contribution >= 4 is 48.9 Å². The number of carbonyl (C=O) groups excluding carboxylic acids is 1. The van der Waals surface area contributed by atoms with Crippen LogP contribution in [-0.4, -0.2) is 45.5 Å². The number of ether oxygens (including phenoxy) is 1. The van der Waals surface area contributed by atoms with Gasteiger partial charge >= 0.3 is 0 Å². The number of rotatable bonds is 7. The lowest BCUT2D eigenvalue weighted by atomic mass is 10.1. The van der Waals surface area contributed by atoms with Crippen LogP contribution in [0, 0.1) is 0 Å². The Morgan fingerprint density at radius 2 is 2.09 bits per heavy atom. The number of hydrogen-bond donors (Lipinski definition) is 3. The minimum atomic E-state index is -0.156. The number of nitrogens with zero attached hydrogens (tertiary/aromatic N) is 3. The molecule has 3 aromatic heterocycles. The van der Waals surface area contributed by atoms with Crippen molar-refractivity contribution in [2.24, 2.45) is 0 Å². The number of thiophene rings is 1. The number of aromatic nitrogens is 3. The van der Waals surface area contributed by atoms with Gasteiger partial charge in [-0.15, -0.1) is 11.3 Å². The Balaban J connectivity index is 1.23. The second kappa shape index (κ2) is 9.37. The molecule has 10 heteroatoms. The monoisotopic (exact) mass is 469 g/mol. The van der Waals surface area contributed by atoms with E-state index in [-0.39, 0.29) is 18.7 Å². The zero-order valence-corrected chi connectivity index (χ0v) is 18.9. The maximum absolute atomic E-state index is 12.7. The van der Waals surface area contributed by atoms with E-state index < -0.39 is 0 Å². The Labute approximate surface area is 192 Å². The van der Waals surface area contributed by atoms with Crippen LogP contribution in [0.15, 0.2) is 42.6 Å². The van der Waals surface area contributed by atoms with E-state index >= 15 is 0 Å². The van der Waals surface area contributed by atoms with Gasteiger partial charge in [0.25, 0.3) is 5.91 Å². The summed E-state index contributed by atoms with van der Waals surface area (Å²) >= 11 is 2.83. The Morgan fingerprint density at radius 1 is 1.22 bits per heavy atom. The fourth-order valence-corrected chi connectivity index (χ4v) is 5.62. The molecule has 0 aliphatic carbocycles. The van der Waals surface area contributed by atoms with Crippen LogP contribution in [0.1, 0.15) is 35.2 Å². The van der Waals surface area contributed by atoms with Gasteiger partial charge in [-0.25, -0.2) is 9.67 Å². The number of anilines is 2. The average Bonchev–Trinajstić information content (AvgIpc) is 3.54. The molecule has 32 heavy (non-hydrogen) atoms.